The number of morpholine rings is 1. The Hall–Kier alpha value is -2.16. The van der Waals surface area contributed by atoms with Crippen LogP contribution in [-0.2, 0) is 17.8 Å². The van der Waals surface area contributed by atoms with Crippen molar-refractivity contribution in [2.75, 3.05) is 32.8 Å². The Kier molecular flexibility index (Phi) is 5.29. The molecule has 2 amide bonds. The molecule has 0 radical (unpaired) electrons. The molecule has 2 fully saturated rings. The van der Waals surface area contributed by atoms with Gasteiger partial charge in [0.15, 0.2) is 6.17 Å². The monoisotopic (exact) mass is 372 g/mol. The molecule has 0 spiro atoms. The zero-order valence-electron chi connectivity index (χ0n) is 15.6. The van der Waals surface area contributed by atoms with Gasteiger partial charge in [-0.25, -0.2) is 9.79 Å². The van der Waals surface area contributed by atoms with Crippen LogP contribution in [0.4, 0.5) is 4.79 Å². The summed E-state index contributed by atoms with van der Waals surface area (Å²) in [5.41, 5.74) is 14.2. The Morgan fingerprint density at radius 1 is 1.22 bits per heavy atom. The van der Waals surface area contributed by atoms with Crippen LogP contribution < -0.4 is 11.5 Å². The summed E-state index contributed by atoms with van der Waals surface area (Å²) in [7, 11) is 0. The number of urea groups is 1. The Balaban J connectivity index is 1.67. The van der Waals surface area contributed by atoms with Crippen LogP contribution in [-0.4, -0.2) is 71.7 Å². The zero-order chi connectivity index (χ0) is 18.8. The van der Waals surface area contributed by atoms with Crippen LogP contribution in [0.3, 0.4) is 0 Å². The summed E-state index contributed by atoms with van der Waals surface area (Å²) >= 11 is 0. The molecule has 2 atom stereocenters. The van der Waals surface area contributed by atoms with Crippen molar-refractivity contribution in [2.45, 2.75) is 38.1 Å². The number of carbonyl (C=O) groups is 1. The van der Waals surface area contributed by atoms with Gasteiger partial charge in [0.05, 0.1) is 19.8 Å². The number of aliphatic imine (C=N–C) groups is 1. The van der Waals surface area contributed by atoms with Gasteiger partial charge in [0.2, 0.25) is 5.96 Å². The highest BCUT2D eigenvalue weighted by Crippen LogP contribution is 2.24. The van der Waals surface area contributed by atoms with E-state index in [0.717, 1.165) is 30.5 Å². The molecule has 0 bridgehead atoms. The van der Waals surface area contributed by atoms with Crippen LogP contribution in [0.1, 0.15) is 24.0 Å². The van der Waals surface area contributed by atoms with Gasteiger partial charge < -0.3 is 21.1 Å². The van der Waals surface area contributed by atoms with Gasteiger partial charge in [-0.15, -0.1) is 0 Å². The van der Waals surface area contributed by atoms with E-state index in [9.17, 15) is 4.79 Å². The van der Waals surface area contributed by atoms with Crippen LogP contribution in [0.25, 0.3) is 0 Å². The summed E-state index contributed by atoms with van der Waals surface area (Å²) in [6.07, 6.45) is 1.76. The van der Waals surface area contributed by atoms with Crippen molar-refractivity contribution in [1.82, 2.24) is 14.7 Å². The minimum atomic E-state index is -0.250. The van der Waals surface area contributed by atoms with Crippen molar-refractivity contribution >= 4 is 12.0 Å². The average molecular weight is 372 g/mol. The SMILES string of the molecule is NCc1ccccc1CN1C(=O)N2CCOCC2N=C1N1CCCC(N)C1. The molecule has 4 N–H and O–H groups in total. The second-order valence-electron chi connectivity index (χ2n) is 7.37. The van der Waals surface area contributed by atoms with Crippen LogP contribution in [0, 0.1) is 0 Å². The van der Waals surface area contributed by atoms with E-state index in [4.69, 9.17) is 21.2 Å². The normalized spacial score (nSPS) is 26.1. The third-order valence-corrected chi connectivity index (χ3v) is 5.49. The molecule has 1 aromatic carbocycles. The van der Waals surface area contributed by atoms with Crippen molar-refractivity contribution in [3.63, 3.8) is 0 Å². The maximum absolute atomic E-state index is 13.3. The lowest BCUT2D eigenvalue weighted by molar-refractivity contribution is 0.00267. The van der Waals surface area contributed by atoms with Crippen LogP contribution in [0.5, 0.6) is 0 Å². The van der Waals surface area contributed by atoms with Gasteiger partial charge in [-0.05, 0) is 24.0 Å². The number of amides is 2. The Morgan fingerprint density at radius 3 is 2.81 bits per heavy atom. The largest absolute Gasteiger partial charge is 0.375 e. The molecule has 27 heavy (non-hydrogen) atoms. The van der Waals surface area contributed by atoms with Crippen molar-refractivity contribution in [2.24, 2.45) is 16.5 Å². The lowest BCUT2D eigenvalue weighted by atomic mass is 10.1. The molecule has 8 heteroatoms. The standard InChI is InChI=1S/C19H28N6O2/c20-10-14-4-1-2-5-15(14)11-25-18(23-7-3-6-16(21)12-23)22-17-13-27-9-8-24(17)19(25)26/h1-2,4-5,16-17H,3,6-13,20-21H2. The second-order valence-corrected chi connectivity index (χ2v) is 7.37. The van der Waals surface area contributed by atoms with Crippen molar-refractivity contribution in [3.05, 3.63) is 35.4 Å². The van der Waals surface area contributed by atoms with E-state index in [0.29, 0.717) is 45.4 Å². The fourth-order valence-electron chi connectivity index (χ4n) is 4.03. The third-order valence-electron chi connectivity index (χ3n) is 5.49. The molecular weight excluding hydrogens is 344 g/mol. The number of likely N-dealkylation sites (tertiary alicyclic amines) is 1. The van der Waals surface area contributed by atoms with Crippen LogP contribution in [0.2, 0.25) is 0 Å². The maximum Gasteiger partial charge on any atom is 0.328 e. The number of carbonyl (C=O) groups excluding carboxylic acids is 1. The molecule has 2 saturated heterocycles. The fraction of sp³-hybridized carbons (Fsp3) is 0.579. The van der Waals surface area contributed by atoms with E-state index in [1.807, 2.05) is 29.2 Å². The summed E-state index contributed by atoms with van der Waals surface area (Å²) < 4.78 is 5.55. The number of ether oxygens (including phenoxy) is 1. The number of nitrogens with two attached hydrogens (primary N) is 2. The Morgan fingerprint density at radius 2 is 2.04 bits per heavy atom. The third kappa shape index (κ3) is 3.65. The summed E-state index contributed by atoms with van der Waals surface area (Å²) in [5.74, 6) is 0.716. The number of piperidine rings is 1. The van der Waals surface area contributed by atoms with Crippen molar-refractivity contribution in [1.29, 1.82) is 0 Å². The number of benzene rings is 1. The van der Waals surface area contributed by atoms with E-state index in [2.05, 4.69) is 4.90 Å². The molecule has 0 saturated carbocycles. The quantitative estimate of drug-likeness (QED) is 0.806. The van der Waals surface area contributed by atoms with Gasteiger partial charge in [-0.3, -0.25) is 9.80 Å². The summed E-state index contributed by atoms with van der Waals surface area (Å²) in [5, 5.41) is 0. The lowest BCUT2D eigenvalue weighted by Crippen LogP contribution is -2.63. The number of hydrogen-bond donors (Lipinski definition) is 2. The summed E-state index contributed by atoms with van der Waals surface area (Å²) in [6, 6.07) is 8.08. The first-order valence-corrected chi connectivity index (χ1v) is 9.68. The molecule has 3 heterocycles. The highest BCUT2D eigenvalue weighted by Gasteiger charge is 2.40. The average Bonchev–Trinajstić information content (AvgIpc) is 2.70. The minimum Gasteiger partial charge on any atom is -0.375 e. The molecule has 8 nitrogen and oxygen atoms in total. The highest BCUT2D eigenvalue weighted by atomic mass is 16.5. The van der Waals surface area contributed by atoms with Gasteiger partial charge in [0.25, 0.3) is 0 Å². The summed E-state index contributed by atoms with van der Waals surface area (Å²) in [6.45, 7) is 4.05. The number of rotatable bonds is 3. The number of nitrogens with zero attached hydrogens (tertiary/aromatic N) is 4. The number of hydrogen-bond acceptors (Lipinski definition) is 6. The van der Waals surface area contributed by atoms with Gasteiger partial charge in [-0.1, -0.05) is 24.3 Å². The first-order chi connectivity index (χ1) is 13.2. The van der Waals surface area contributed by atoms with Crippen molar-refractivity contribution in [3.8, 4) is 0 Å². The molecule has 2 unspecified atom stereocenters. The maximum atomic E-state index is 13.3. The molecule has 1 aromatic rings. The second kappa shape index (κ2) is 7.84. The van der Waals surface area contributed by atoms with E-state index in [1.54, 1.807) is 4.90 Å². The van der Waals surface area contributed by atoms with Crippen LogP contribution in [0.15, 0.2) is 29.3 Å². The molecule has 0 aromatic heterocycles. The van der Waals surface area contributed by atoms with Gasteiger partial charge in [-0.2, -0.15) is 0 Å². The van der Waals surface area contributed by atoms with E-state index < -0.39 is 0 Å². The predicted octanol–water partition coefficient (Wildman–Crippen LogP) is 0.518. The molecular formula is C19H28N6O2. The molecule has 3 aliphatic heterocycles. The lowest BCUT2D eigenvalue weighted by Gasteiger charge is -2.45. The van der Waals surface area contributed by atoms with E-state index in [-0.39, 0.29) is 18.2 Å². The van der Waals surface area contributed by atoms with Gasteiger partial charge >= 0.3 is 6.03 Å². The smallest absolute Gasteiger partial charge is 0.328 e. The Labute approximate surface area is 159 Å². The van der Waals surface area contributed by atoms with Crippen molar-refractivity contribution < 1.29 is 9.53 Å². The summed E-state index contributed by atoms with van der Waals surface area (Å²) in [4.78, 5) is 24.0. The minimum absolute atomic E-state index is 0.0146. The molecule has 146 valence electrons. The van der Waals surface area contributed by atoms with Gasteiger partial charge in [0.1, 0.15) is 0 Å². The number of guanidine groups is 1. The Bertz CT molecular complexity index is 724. The zero-order valence-corrected chi connectivity index (χ0v) is 15.6. The molecule has 4 rings (SSSR count). The fourth-order valence-corrected chi connectivity index (χ4v) is 4.03. The topological polar surface area (TPSA) is 100 Å². The first-order valence-electron chi connectivity index (χ1n) is 9.68. The molecule has 0 aliphatic carbocycles. The van der Waals surface area contributed by atoms with E-state index >= 15 is 0 Å². The van der Waals surface area contributed by atoms with E-state index in [1.165, 1.54) is 0 Å². The van der Waals surface area contributed by atoms with Gasteiger partial charge in [0, 0.05) is 32.2 Å². The highest BCUT2D eigenvalue weighted by molar-refractivity contribution is 5.98. The molecule has 3 aliphatic rings. The first kappa shape index (κ1) is 18.2. The number of fused-ring (bicyclic) bond motifs is 1. The predicted molar refractivity (Wildman–Crippen MR) is 103 cm³/mol. The van der Waals surface area contributed by atoms with Crippen LogP contribution >= 0.6 is 0 Å².